The number of hydrogen-bond acceptors (Lipinski definition) is 4. The van der Waals surface area contributed by atoms with Crippen molar-refractivity contribution in [1.82, 2.24) is 4.98 Å². The molecule has 0 atom stereocenters. The van der Waals surface area contributed by atoms with E-state index in [9.17, 15) is 4.39 Å². The highest BCUT2D eigenvalue weighted by Gasteiger charge is 2.15. The lowest BCUT2D eigenvalue weighted by atomic mass is 10.1. The molecule has 22 heavy (non-hydrogen) atoms. The minimum absolute atomic E-state index is 0.187. The predicted molar refractivity (Wildman–Crippen MR) is 88.7 cm³/mol. The highest BCUT2D eigenvalue weighted by Crippen LogP contribution is 2.22. The zero-order valence-electron chi connectivity index (χ0n) is 12.1. The van der Waals surface area contributed by atoms with Crippen molar-refractivity contribution < 1.29 is 9.13 Å². The molecule has 116 valence electrons. The molecule has 0 aliphatic carbocycles. The third kappa shape index (κ3) is 3.75. The zero-order valence-corrected chi connectivity index (χ0v) is 13.6. The fourth-order valence-corrected chi connectivity index (χ4v) is 2.80. The summed E-state index contributed by atoms with van der Waals surface area (Å²) in [6.45, 7) is 3.33. The van der Waals surface area contributed by atoms with Crippen LogP contribution in [0.4, 0.5) is 15.8 Å². The summed E-state index contributed by atoms with van der Waals surface area (Å²) in [6, 6.07) is 7.32. The molecule has 0 bridgehead atoms. The zero-order chi connectivity index (χ0) is 15.4. The van der Waals surface area contributed by atoms with Gasteiger partial charge in [0.05, 0.1) is 30.8 Å². The summed E-state index contributed by atoms with van der Waals surface area (Å²) in [5, 5.41) is 3.24. The van der Waals surface area contributed by atoms with Gasteiger partial charge in [-0.15, -0.1) is 0 Å². The van der Waals surface area contributed by atoms with Crippen LogP contribution in [-0.2, 0) is 11.3 Å². The Kier molecular flexibility index (Phi) is 4.90. The number of morpholine rings is 1. The molecule has 2 heterocycles. The van der Waals surface area contributed by atoms with Crippen LogP contribution in [0.1, 0.15) is 5.56 Å². The number of anilines is 2. The Morgan fingerprint density at radius 1 is 1.23 bits per heavy atom. The van der Waals surface area contributed by atoms with Crippen molar-refractivity contribution in [2.24, 2.45) is 0 Å². The number of ether oxygens (including phenoxy) is 1. The van der Waals surface area contributed by atoms with E-state index in [-0.39, 0.29) is 5.82 Å². The van der Waals surface area contributed by atoms with Crippen LogP contribution in [0.3, 0.4) is 0 Å². The first-order valence-corrected chi connectivity index (χ1v) is 7.97. The van der Waals surface area contributed by atoms with Crippen LogP contribution in [0.5, 0.6) is 0 Å². The van der Waals surface area contributed by atoms with Crippen LogP contribution in [0.25, 0.3) is 0 Å². The molecular weight excluding hydrogens is 349 g/mol. The van der Waals surface area contributed by atoms with Crippen molar-refractivity contribution >= 4 is 27.3 Å². The molecule has 0 amide bonds. The maximum absolute atomic E-state index is 14.3. The molecule has 1 aromatic heterocycles. The van der Waals surface area contributed by atoms with E-state index in [0.717, 1.165) is 28.8 Å². The Labute approximate surface area is 137 Å². The van der Waals surface area contributed by atoms with E-state index >= 15 is 0 Å². The summed E-state index contributed by atoms with van der Waals surface area (Å²) in [5.74, 6) is -0.187. The Morgan fingerprint density at radius 3 is 2.77 bits per heavy atom. The van der Waals surface area contributed by atoms with Crippen molar-refractivity contribution in [3.63, 3.8) is 0 Å². The van der Waals surface area contributed by atoms with Crippen LogP contribution >= 0.6 is 15.9 Å². The van der Waals surface area contributed by atoms with Crippen molar-refractivity contribution in [1.29, 1.82) is 0 Å². The fraction of sp³-hybridized carbons (Fsp3) is 0.312. The van der Waals surface area contributed by atoms with E-state index in [2.05, 4.69) is 26.2 Å². The van der Waals surface area contributed by atoms with Gasteiger partial charge in [-0.2, -0.15) is 0 Å². The Morgan fingerprint density at radius 2 is 2.05 bits per heavy atom. The molecule has 0 unspecified atom stereocenters. The SMILES string of the molecule is Fc1cc(CNc2cncc(Br)c2)ccc1N1CCOCC1. The molecule has 1 aliphatic rings. The standard InChI is InChI=1S/C16H17BrFN3O/c17-13-8-14(11-19-10-13)20-9-12-1-2-16(15(18)7-12)21-3-5-22-6-4-21/h1-2,7-8,10-11,20H,3-6,9H2. The number of nitrogens with one attached hydrogen (secondary N) is 1. The quantitative estimate of drug-likeness (QED) is 0.900. The number of halogens is 2. The van der Waals surface area contributed by atoms with Gasteiger partial charge in [0.1, 0.15) is 5.82 Å². The van der Waals surface area contributed by atoms with Crippen LogP contribution < -0.4 is 10.2 Å². The van der Waals surface area contributed by atoms with E-state index < -0.39 is 0 Å². The molecule has 0 saturated carbocycles. The first-order valence-electron chi connectivity index (χ1n) is 7.18. The van der Waals surface area contributed by atoms with E-state index in [0.29, 0.717) is 25.4 Å². The van der Waals surface area contributed by atoms with E-state index in [1.807, 2.05) is 23.1 Å². The molecule has 4 nitrogen and oxygen atoms in total. The van der Waals surface area contributed by atoms with E-state index in [1.54, 1.807) is 18.5 Å². The lowest BCUT2D eigenvalue weighted by Crippen LogP contribution is -2.36. The summed E-state index contributed by atoms with van der Waals surface area (Å²) in [6.07, 6.45) is 3.46. The number of nitrogens with zero attached hydrogens (tertiary/aromatic N) is 2. The molecule has 1 fully saturated rings. The first-order chi connectivity index (χ1) is 10.7. The smallest absolute Gasteiger partial charge is 0.146 e. The summed E-state index contributed by atoms with van der Waals surface area (Å²) in [4.78, 5) is 6.11. The Bertz CT molecular complexity index is 647. The van der Waals surface area contributed by atoms with Gasteiger partial charge < -0.3 is 15.0 Å². The molecule has 1 saturated heterocycles. The number of hydrogen-bond donors (Lipinski definition) is 1. The molecular formula is C16H17BrFN3O. The average Bonchev–Trinajstić information content (AvgIpc) is 2.54. The van der Waals surface area contributed by atoms with Crippen LogP contribution in [0, 0.1) is 5.82 Å². The Hall–Kier alpha value is -1.66. The lowest BCUT2D eigenvalue weighted by Gasteiger charge is -2.29. The first kappa shape index (κ1) is 15.2. The maximum Gasteiger partial charge on any atom is 0.146 e. The van der Waals surface area contributed by atoms with Crippen molar-refractivity contribution in [3.8, 4) is 0 Å². The van der Waals surface area contributed by atoms with Gasteiger partial charge in [0, 0.05) is 30.3 Å². The summed E-state index contributed by atoms with van der Waals surface area (Å²) in [5.41, 5.74) is 2.44. The second-order valence-corrected chi connectivity index (χ2v) is 6.05. The molecule has 2 aromatic rings. The van der Waals surface area contributed by atoms with Crippen molar-refractivity contribution in [2.75, 3.05) is 36.5 Å². The van der Waals surface area contributed by atoms with Gasteiger partial charge in [-0.05, 0) is 39.7 Å². The number of benzene rings is 1. The molecule has 1 aromatic carbocycles. The second-order valence-electron chi connectivity index (χ2n) is 5.13. The molecule has 0 spiro atoms. The normalized spacial score (nSPS) is 14.9. The monoisotopic (exact) mass is 365 g/mol. The molecule has 6 heteroatoms. The van der Waals surface area contributed by atoms with Gasteiger partial charge in [0.15, 0.2) is 0 Å². The highest BCUT2D eigenvalue weighted by molar-refractivity contribution is 9.10. The van der Waals surface area contributed by atoms with Gasteiger partial charge in [0.2, 0.25) is 0 Å². The topological polar surface area (TPSA) is 37.4 Å². The number of aromatic nitrogens is 1. The van der Waals surface area contributed by atoms with E-state index in [1.165, 1.54) is 0 Å². The number of rotatable bonds is 4. The third-order valence-electron chi connectivity index (χ3n) is 3.57. The molecule has 3 rings (SSSR count). The summed E-state index contributed by atoms with van der Waals surface area (Å²) in [7, 11) is 0. The lowest BCUT2D eigenvalue weighted by molar-refractivity contribution is 0.122. The van der Waals surface area contributed by atoms with Crippen molar-refractivity contribution in [3.05, 3.63) is 52.5 Å². The van der Waals surface area contributed by atoms with Gasteiger partial charge >= 0.3 is 0 Å². The number of pyridine rings is 1. The van der Waals surface area contributed by atoms with Gasteiger partial charge in [-0.3, -0.25) is 4.98 Å². The largest absolute Gasteiger partial charge is 0.380 e. The average molecular weight is 366 g/mol. The predicted octanol–water partition coefficient (Wildman–Crippen LogP) is 3.43. The third-order valence-corrected chi connectivity index (χ3v) is 4.00. The second kappa shape index (κ2) is 7.07. The minimum atomic E-state index is -0.187. The van der Waals surface area contributed by atoms with Gasteiger partial charge in [-0.1, -0.05) is 6.07 Å². The maximum atomic E-state index is 14.3. The minimum Gasteiger partial charge on any atom is -0.380 e. The van der Waals surface area contributed by atoms with E-state index in [4.69, 9.17) is 4.74 Å². The summed E-state index contributed by atoms with van der Waals surface area (Å²) < 4.78 is 20.5. The van der Waals surface area contributed by atoms with Gasteiger partial charge in [-0.25, -0.2) is 4.39 Å². The molecule has 1 aliphatic heterocycles. The van der Waals surface area contributed by atoms with Crippen LogP contribution in [-0.4, -0.2) is 31.3 Å². The Balaban J connectivity index is 1.66. The highest BCUT2D eigenvalue weighted by atomic mass is 79.9. The van der Waals surface area contributed by atoms with Crippen molar-refractivity contribution in [2.45, 2.75) is 6.54 Å². The summed E-state index contributed by atoms with van der Waals surface area (Å²) >= 11 is 3.38. The van der Waals surface area contributed by atoms with Gasteiger partial charge in [0.25, 0.3) is 0 Å². The van der Waals surface area contributed by atoms with Crippen LogP contribution in [0.15, 0.2) is 41.1 Å². The van der Waals surface area contributed by atoms with Crippen LogP contribution in [0.2, 0.25) is 0 Å². The molecule has 0 radical (unpaired) electrons. The fourth-order valence-electron chi connectivity index (χ4n) is 2.43. The molecule has 1 N–H and O–H groups in total.